The fraction of sp³-hybridized carbons (Fsp3) is 0.192. The number of aryl methyl sites for hydroxylation is 1. The number of benzene rings is 3. The van der Waals surface area contributed by atoms with Gasteiger partial charge in [-0.1, -0.05) is 61.2 Å². The van der Waals surface area contributed by atoms with E-state index in [9.17, 15) is 9.18 Å². The molecule has 3 aromatic rings. The van der Waals surface area contributed by atoms with Crippen LogP contribution in [-0.2, 0) is 16.0 Å². The average molecular weight is 419 g/mol. The van der Waals surface area contributed by atoms with Gasteiger partial charge in [0.25, 0.3) is 0 Å². The second-order valence-corrected chi connectivity index (χ2v) is 7.00. The van der Waals surface area contributed by atoms with E-state index >= 15 is 0 Å². The van der Waals surface area contributed by atoms with Crippen molar-refractivity contribution in [3.8, 4) is 28.0 Å². The van der Waals surface area contributed by atoms with Gasteiger partial charge in [0.2, 0.25) is 0 Å². The van der Waals surface area contributed by atoms with Gasteiger partial charge in [0.15, 0.2) is 0 Å². The Hall–Kier alpha value is -3.44. The molecule has 160 valence electrons. The van der Waals surface area contributed by atoms with Crippen LogP contribution in [0.3, 0.4) is 0 Å². The van der Waals surface area contributed by atoms with Crippen LogP contribution in [0.2, 0.25) is 0 Å². The summed E-state index contributed by atoms with van der Waals surface area (Å²) in [5.41, 5.74) is 9.61. The molecule has 0 saturated carbocycles. The number of nitrogens with two attached hydrogens (primary N) is 1. The van der Waals surface area contributed by atoms with Crippen LogP contribution < -0.4 is 10.5 Å². The lowest BCUT2D eigenvalue weighted by molar-refractivity contribution is -0.138. The lowest BCUT2D eigenvalue weighted by Gasteiger charge is -2.14. The Bertz CT molecular complexity index is 1030. The monoisotopic (exact) mass is 419 g/mol. The van der Waals surface area contributed by atoms with Crippen LogP contribution >= 0.6 is 0 Å². The van der Waals surface area contributed by atoms with E-state index in [0.29, 0.717) is 23.4 Å². The Balaban J connectivity index is 1.83. The summed E-state index contributed by atoms with van der Waals surface area (Å²) >= 11 is 0. The fourth-order valence-electron chi connectivity index (χ4n) is 3.27. The van der Waals surface area contributed by atoms with Gasteiger partial charge in [-0.15, -0.1) is 0 Å². The van der Waals surface area contributed by atoms with Crippen LogP contribution in [0.4, 0.5) is 4.39 Å². The van der Waals surface area contributed by atoms with Crippen LogP contribution in [0.1, 0.15) is 12.0 Å². The molecule has 31 heavy (non-hydrogen) atoms. The van der Waals surface area contributed by atoms with Gasteiger partial charge in [-0.3, -0.25) is 0 Å². The molecule has 4 nitrogen and oxygen atoms in total. The Kier molecular flexibility index (Phi) is 7.96. The van der Waals surface area contributed by atoms with E-state index in [1.807, 2.05) is 54.6 Å². The molecule has 0 unspecified atom stereocenters. The lowest BCUT2D eigenvalue weighted by atomic mass is 9.97. The molecule has 5 heteroatoms. The molecule has 0 spiro atoms. The van der Waals surface area contributed by atoms with Crippen molar-refractivity contribution in [3.05, 3.63) is 90.8 Å². The van der Waals surface area contributed by atoms with Crippen molar-refractivity contribution in [2.75, 3.05) is 19.8 Å². The predicted molar refractivity (Wildman–Crippen MR) is 121 cm³/mol. The van der Waals surface area contributed by atoms with Gasteiger partial charge < -0.3 is 15.2 Å². The van der Waals surface area contributed by atoms with Gasteiger partial charge in [0.05, 0.1) is 0 Å². The molecule has 0 amide bonds. The van der Waals surface area contributed by atoms with Gasteiger partial charge in [-0.2, -0.15) is 0 Å². The molecule has 2 N–H and O–H groups in total. The summed E-state index contributed by atoms with van der Waals surface area (Å²) in [4.78, 5) is 11.2. The molecular formula is C26H26FNO3. The summed E-state index contributed by atoms with van der Waals surface area (Å²) in [5, 5.41) is 0. The second kappa shape index (κ2) is 11.1. The van der Waals surface area contributed by atoms with E-state index in [1.165, 1.54) is 0 Å². The van der Waals surface area contributed by atoms with E-state index in [1.54, 1.807) is 12.1 Å². The van der Waals surface area contributed by atoms with Crippen molar-refractivity contribution in [3.63, 3.8) is 0 Å². The molecule has 0 aromatic heterocycles. The quantitative estimate of drug-likeness (QED) is 0.280. The second-order valence-electron chi connectivity index (χ2n) is 7.00. The molecule has 0 aliphatic heterocycles. The van der Waals surface area contributed by atoms with Crippen LogP contribution in [0.15, 0.2) is 79.4 Å². The smallest absolute Gasteiger partial charge is 0.330 e. The van der Waals surface area contributed by atoms with Crippen LogP contribution in [0, 0.1) is 5.82 Å². The number of carbonyl (C=O) groups is 1. The van der Waals surface area contributed by atoms with E-state index in [0.717, 1.165) is 35.6 Å². The summed E-state index contributed by atoms with van der Waals surface area (Å²) in [6, 6.07) is 20.6. The molecule has 0 aliphatic rings. The number of carbonyl (C=O) groups excluding carboxylic acids is 1. The van der Waals surface area contributed by atoms with Crippen LogP contribution in [0.5, 0.6) is 5.75 Å². The van der Waals surface area contributed by atoms with E-state index in [4.69, 9.17) is 15.2 Å². The van der Waals surface area contributed by atoms with Crippen molar-refractivity contribution in [2.45, 2.75) is 12.8 Å². The number of ether oxygens (including phenoxy) is 2. The maximum absolute atomic E-state index is 15.0. The minimum atomic E-state index is -0.499. The molecule has 0 bridgehead atoms. The summed E-state index contributed by atoms with van der Waals surface area (Å²) in [6.07, 6.45) is 2.66. The van der Waals surface area contributed by atoms with Crippen LogP contribution in [-0.4, -0.2) is 25.7 Å². The number of esters is 1. The summed E-state index contributed by atoms with van der Waals surface area (Å²) in [5.74, 6) is -0.171. The normalized spacial score (nSPS) is 10.5. The molecule has 0 atom stereocenters. The maximum atomic E-state index is 15.0. The van der Waals surface area contributed by atoms with Gasteiger partial charge in [0.1, 0.15) is 24.8 Å². The third kappa shape index (κ3) is 6.03. The lowest BCUT2D eigenvalue weighted by Crippen LogP contribution is -2.11. The number of hydrogen-bond donors (Lipinski definition) is 1. The Labute approximate surface area is 182 Å². The molecule has 0 heterocycles. The standard InChI is InChI=1S/C26H26FNO3/c1-2-26(29)31-16-15-30-25-18-22(11-10-20(25)9-6-14-28)23-13-12-21(17-24(23)27)19-7-4-3-5-8-19/h2-5,7-8,10-13,17-18H,1,6,9,14-16,28H2. The highest BCUT2D eigenvalue weighted by Gasteiger charge is 2.12. The van der Waals surface area contributed by atoms with Crippen molar-refractivity contribution >= 4 is 5.97 Å². The van der Waals surface area contributed by atoms with Gasteiger partial charge >= 0.3 is 5.97 Å². The molecule has 0 fully saturated rings. The molecule has 0 aliphatic carbocycles. The fourth-order valence-corrected chi connectivity index (χ4v) is 3.27. The van der Waals surface area contributed by atoms with E-state index in [2.05, 4.69) is 6.58 Å². The van der Waals surface area contributed by atoms with Gasteiger partial charge in [-0.05, 0) is 53.8 Å². The summed E-state index contributed by atoms with van der Waals surface area (Å²) in [6.45, 7) is 4.22. The van der Waals surface area contributed by atoms with Crippen molar-refractivity contribution in [1.82, 2.24) is 0 Å². The van der Waals surface area contributed by atoms with Gasteiger partial charge in [-0.25, -0.2) is 9.18 Å². The van der Waals surface area contributed by atoms with Crippen molar-refractivity contribution < 1.29 is 18.7 Å². The van der Waals surface area contributed by atoms with Gasteiger partial charge in [0, 0.05) is 11.6 Å². The zero-order valence-corrected chi connectivity index (χ0v) is 17.4. The van der Waals surface area contributed by atoms with Crippen LogP contribution in [0.25, 0.3) is 22.3 Å². The molecular weight excluding hydrogens is 393 g/mol. The third-order valence-electron chi connectivity index (χ3n) is 4.86. The molecule has 3 rings (SSSR count). The topological polar surface area (TPSA) is 61.5 Å². The Morgan fingerprint density at radius 2 is 1.74 bits per heavy atom. The first-order valence-corrected chi connectivity index (χ1v) is 10.2. The molecule has 0 saturated heterocycles. The number of hydrogen-bond acceptors (Lipinski definition) is 4. The van der Waals surface area contributed by atoms with Crippen molar-refractivity contribution in [2.24, 2.45) is 5.73 Å². The van der Waals surface area contributed by atoms with E-state index in [-0.39, 0.29) is 19.0 Å². The Morgan fingerprint density at radius 3 is 2.45 bits per heavy atom. The zero-order chi connectivity index (χ0) is 22.1. The first-order chi connectivity index (χ1) is 15.1. The highest BCUT2D eigenvalue weighted by atomic mass is 19.1. The Morgan fingerprint density at radius 1 is 0.968 bits per heavy atom. The minimum absolute atomic E-state index is 0.103. The largest absolute Gasteiger partial charge is 0.490 e. The third-order valence-corrected chi connectivity index (χ3v) is 4.86. The summed E-state index contributed by atoms with van der Waals surface area (Å²) in [7, 11) is 0. The highest BCUT2D eigenvalue weighted by molar-refractivity contribution is 5.81. The average Bonchev–Trinajstić information content (AvgIpc) is 2.81. The summed E-state index contributed by atoms with van der Waals surface area (Å²) < 4.78 is 25.8. The SMILES string of the molecule is C=CC(=O)OCCOc1cc(-c2ccc(-c3ccccc3)cc2F)ccc1CCCN. The molecule has 0 radical (unpaired) electrons. The zero-order valence-electron chi connectivity index (χ0n) is 17.4. The van der Waals surface area contributed by atoms with Crippen molar-refractivity contribution in [1.29, 1.82) is 0 Å². The number of rotatable bonds is 10. The highest BCUT2D eigenvalue weighted by Crippen LogP contribution is 2.32. The molecule has 3 aromatic carbocycles. The first-order valence-electron chi connectivity index (χ1n) is 10.2. The number of halogens is 1. The first kappa shape index (κ1) is 22.2. The minimum Gasteiger partial charge on any atom is -0.490 e. The van der Waals surface area contributed by atoms with E-state index < -0.39 is 5.97 Å². The predicted octanol–water partition coefficient (Wildman–Crippen LogP) is 5.16. The maximum Gasteiger partial charge on any atom is 0.330 e.